The number of nitrogens with one attached hydrogen (secondary N) is 1. The lowest BCUT2D eigenvalue weighted by Gasteiger charge is -2.29. The van der Waals surface area contributed by atoms with Crippen molar-refractivity contribution in [3.8, 4) is 0 Å². The monoisotopic (exact) mass is 355 g/mol. The molecule has 1 unspecified atom stereocenters. The predicted molar refractivity (Wildman–Crippen MR) is 97.2 cm³/mol. The van der Waals surface area contributed by atoms with Crippen LogP contribution in [0.4, 0.5) is 0 Å². The Morgan fingerprint density at radius 3 is 2.25 bits per heavy atom. The quantitative estimate of drug-likeness (QED) is 0.679. The molecule has 0 radical (unpaired) electrons. The van der Waals surface area contributed by atoms with Crippen LogP contribution < -0.4 is 5.32 Å². The van der Waals surface area contributed by atoms with Crippen molar-refractivity contribution in [3.63, 3.8) is 0 Å². The highest BCUT2D eigenvalue weighted by molar-refractivity contribution is 9.10. The number of benzene rings is 1. The van der Waals surface area contributed by atoms with Gasteiger partial charge in [0.15, 0.2) is 0 Å². The van der Waals surface area contributed by atoms with Gasteiger partial charge in [0.2, 0.25) is 0 Å². The van der Waals surface area contributed by atoms with Gasteiger partial charge in [0, 0.05) is 18.1 Å². The van der Waals surface area contributed by atoms with E-state index in [0.717, 1.165) is 18.9 Å². The van der Waals surface area contributed by atoms with Gasteiger partial charge in [-0.3, -0.25) is 0 Å². The van der Waals surface area contributed by atoms with Crippen LogP contribution >= 0.6 is 15.9 Å². The van der Waals surface area contributed by atoms with Gasteiger partial charge in [-0.1, -0.05) is 59.8 Å². The van der Waals surface area contributed by atoms with Crippen molar-refractivity contribution < 1.29 is 0 Å². The summed E-state index contributed by atoms with van der Waals surface area (Å²) < 4.78 is 1.25. The van der Waals surface area contributed by atoms with Crippen molar-refractivity contribution >= 4 is 24.0 Å². The fourth-order valence-electron chi connectivity index (χ4n) is 2.51. The molecule has 1 atom stereocenters. The molecule has 0 heterocycles. The normalized spacial score (nSPS) is 14.3. The number of rotatable bonds is 6. The van der Waals surface area contributed by atoms with Crippen LogP contribution in [0.3, 0.4) is 0 Å². The molecular weight excluding hydrogens is 326 g/mol. The van der Waals surface area contributed by atoms with Gasteiger partial charge in [0.1, 0.15) is 0 Å². The first kappa shape index (κ1) is 17.9. The van der Waals surface area contributed by atoms with Crippen LogP contribution in [0.25, 0.3) is 0 Å². The smallest absolute Gasteiger partial charge is 0.0446 e. The number of halogens is 1. The highest BCUT2D eigenvalue weighted by atomic mass is 79.9. The number of hydrogen-bond donors (Lipinski definition) is 1. The third-order valence-electron chi connectivity index (χ3n) is 3.29. The molecule has 0 amide bonds. The lowest BCUT2D eigenvalue weighted by atomic mass is 9.99. The first-order chi connectivity index (χ1) is 9.07. The molecule has 0 aliphatic heterocycles. The molecule has 0 saturated carbocycles. The van der Waals surface area contributed by atoms with E-state index in [1.165, 1.54) is 16.1 Å². The summed E-state index contributed by atoms with van der Waals surface area (Å²) >= 11 is 3.69. The number of hydrogen-bond acceptors (Lipinski definition) is 1. The fraction of sp³-hybridized carbons (Fsp3) is 0.647. The van der Waals surface area contributed by atoms with Gasteiger partial charge in [-0.15, -0.1) is 0 Å². The average Bonchev–Trinajstić information content (AvgIpc) is 2.26. The summed E-state index contributed by atoms with van der Waals surface area (Å²) in [5, 5.41) is 3.69. The largest absolute Gasteiger partial charge is 0.312 e. The second-order valence-corrected chi connectivity index (χ2v) is 14.4. The molecule has 0 fully saturated rings. The molecule has 0 aliphatic carbocycles. The van der Waals surface area contributed by atoms with Gasteiger partial charge >= 0.3 is 0 Å². The van der Waals surface area contributed by atoms with Gasteiger partial charge in [0.25, 0.3) is 0 Å². The van der Waals surface area contributed by atoms with E-state index in [2.05, 4.69) is 85.9 Å². The molecular formula is C17H30BrNSi. The van der Waals surface area contributed by atoms with Crippen LogP contribution in [-0.4, -0.2) is 20.2 Å². The van der Waals surface area contributed by atoms with E-state index in [0.29, 0.717) is 0 Å². The topological polar surface area (TPSA) is 12.0 Å². The van der Waals surface area contributed by atoms with Crippen molar-refractivity contribution in [2.45, 2.75) is 58.4 Å². The molecule has 0 aromatic heterocycles. The molecule has 20 heavy (non-hydrogen) atoms. The minimum Gasteiger partial charge on any atom is -0.312 e. The van der Waals surface area contributed by atoms with Gasteiger partial charge in [-0.25, -0.2) is 0 Å². The third kappa shape index (κ3) is 7.60. The summed E-state index contributed by atoms with van der Waals surface area (Å²) in [6, 6.07) is 10.0. The zero-order valence-corrected chi connectivity index (χ0v) is 16.5. The third-order valence-corrected chi connectivity index (χ3v) is 5.86. The summed E-state index contributed by atoms with van der Waals surface area (Å²) in [6.45, 7) is 15.3. The van der Waals surface area contributed by atoms with Crippen LogP contribution in [0.5, 0.6) is 0 Å². The van der Waals surface area contributed by atoms with Crippen LogP contribution in [-0.2, 0) is 6.42 Å². The second-order valence-electron chi connectivity index (χ2n) is 8.06. The Balaban J connectivity index is 2.75. The first-order valence-corrected chi connectivity index (χ1v) is 12.1. The van der Waals surface area contributed by atoms with Crippen molar-refractivity contribution in [2.75, 3.05) is 6.54 Å². The molecule has 1 rings (SSSR count). The average molecular weight is 356 g/mol. The van der Waals surface area contributed by atoms with E-state index < -0.39 is 8.07 Å². The van der Waals surface area contributed by atoms with E-state index in [-0.39, 0.29) is 5.54 Å². The zero-order chi connectivity index (χ0) is 15.4. The fourth-order valence-corrected chi connectivity index (χ4v) is 4.98. The van der Waals surface area contributed by atoms with Gasteiger partial charge in [-0.05, 0) is 51.3 Å². The minimum atomic E-state index is -1.04. The zero-order valence-electron chi connectivity index (χ0n) is 13.9. The molecule has 1 aromatic carbocycles. The standard InChI is InChI=1S/C17H30BrNSi/c1-17(2,3)19-12-14(13-20(4,5)6)11-15-9-7-8-10-16(15)18/h7-10,14,19H,11-13H2,1-6H3. The minimum absolute atomic E-state index is 0.200. The SMILES string of the molecule is CC(C)(C)NCC(Cc1ccccc1Br)C[Si](C)(C)C. The van der Waals surface area contributed by atoms with Crippen LogP contribution in [0.15, 0.2) is 28.7 Å². The maximum Gasteiger partial charge on any atom is 0.0446 e. The van der Waals surface area contributed by atoms with E-state index in [1.807, 2.05) is 0 Å². The Kier molecular flexibility index (Phi) is 6.48. The van der Waals surface area contributed by atoms with Gasteiger partial charge < -0.3 is 5.32 Å². The summed E-state index contributed by atoms with van der Waals surface area (Å²) in [7, 11) is -1.04. The van der Waals surface area contributed by atoms with E-state index in [9.17, 15) is 0 Å². The molecule has 114 valence electrons. The molecule has 1 aromatic rings. The molecule has 1 N–H and O–H groups in total. The molecule has 3 heteroatoms. The molecule has 0 spiro atoms. The summed E-state index contributed by atoms with van der Waals surface area (Å²) in [6.07, 6.45) is 1.16. The summed E-state index contributed by atoms with van der Waals surface area (Å²) in [5.41, 5.74) is 1.64. The second kappa shape index (κ2) is 7.23. The van der Waals surface area contributed by atoms with E-state index in [4.69, 9.17) is 0 Å². The van der Waals surface area contributed by atoms with Crippen molar-refractivity contribution in [1.29, 1.82) is 0 Å². The highest BCUT2D eigenvalue weighted by Gasteiger charge is 2.22. The van der Waals surface area contributed by atoms with Crippen LogP contribution in [0.1, 0.15) is 26.3 Å². The Labute approximate surface area is 134 Å². The Bertz CT molecular complexity index is 418. The van der Waals surface area contributed by atoms with Crippen LogP contribution in [0.2, 0.25) is 25.7 Å². The van der Waals surface area contributed by atoms with Crippen molar-refractivity contribution in [2.24, 2.45) is 5.92 Å². The summed E-state index contributed by atoms with van der Waals surface area (Å²) in [4.78, 5) is 0. The molecule has 0 saturated heterocycles. The van der Waals surface area contributed by atoms with E-state index in [1.54, 1.807) is 0 Å². The molecule has 0 aliphatic rings. The molecule has 0 bridgehead atoms. The van der Waals surface area contributed by atoms with Gasteiger partial charge in [-0.2, -0.15) is 0 Å². The Morgan fingerprint density at radius 2 is 1.75 bits per heavy atom. The van der Waals surface area contributed by atoms with Crippen molar-refractivity contribution in [3.05, 3.63) is 34.3 Å². The highest BCUT2D eigenvalue weighted by Crippen LogP contribution is 2.25. The lowest BCUT2D eigenvalue weighted by molar-refractivity contribution is 0.380. The van der Waals surface area contributed by atoms with Crippen molar-refractivity contribution in [1.82, 2.24) is 5.32 Å². The predicted octanol–water partition coefficient (Wildman–Crippen LogP) is 5.33. The van der Waals surface area contributed by atoms with E-state index >= 15 is 0 Å². The first-order valence-electron chi connectivity index (χ1n) is 7.55. The molecule has 1 nitrogen and oxygen atoms in total. The lowest BCUT2D eigenvalue weighted by Crippen LogP contribution is -2.41. The Hall–Kier alpha value is -0.123. The Morgan fingerprint density at radius 1 is 1.15 bits per heavy atom. The van der Waals surface area contributed by atoms with Crippen LogP contribution in [0, 0.1) is 5.92 Å². The maximum atomic E-state index is 3.69. The summed E-state index contributed by atoms with van der Waals surface area (Å²) in [5.74, 6) is 0.722. The maximum absolute atomic E-state index is 3.69. The van der Waals surface area contributed by atoms with Gasteiger partial charge in [0.05, 0.1) is 0 Å².